The smallest absolute Gasteiger partial charge is 0.169 e. The summed E-state index contributed by atoms with van der Waals surface area (Å²) in [4.78, 5) is 4.11. The van der Waals surface area contributed by atoms with E-state index in [1.165, 1.54) is 11.5 Å². The van der Waals surface area contributed by atoms with Crippen molar-refractivity contribution in [1.82, 2.24) is 9.36 Å². The van der Waals surface area contributed by atoms with Crippen molar-refractivity contribution in [3.8, 4) is 5.75 Å². The summed E-state index contributed by atoms with van der Waals surface area (Å²) in [6.45, 7) is 1.28. The van der Waals surface area contributed by atoms with Crippen LogP contribution in [0.5, 0.6) is 5.75 Å². The molecule has 0 fully saturated rings. The summed E-state index contributed by atoms with van der Waals surface area (Å²) in [5.41, 5.74) is 6.65. The van der Waals surface area contributed by atoms with E-state index in [0.717, 1.165) is 27.8 Å². The van der Waals surface area contributed by atoms with Crippen molar-refractivity contribution in [2.75, 3.05) is 12.4 Å². The normalized spacial score (nSPS) is 10.5. The minimum absolute atomic E-state index is 0.568. The molecule has 0 saturated heterocycles. The molecule has 0 amide bonds. The Morgan fingerprint density at radius 2 is 2.11 bits per heavy atom. The summed E-state index contributed by atoms with van der Waals surface area (Å²) >= 11 is 3.15. The van der Waals surface area contributed by atoms with E-state index < -0.39 is 0 Å². The van der Waals surface area contributed by atoms with Gasteiger partial charge in [-0.15, -0.1) is 0 Å². The Kier molecular flexibility index (Phi) is 5.44. The van der Waals surface area contributed by atoms with Crippen LogP contribution >= 0.6 is 23.3 Å². The number of benzene rings is 1. The van der Waals surface area contributed by atoms with E-state index in [2.05, 4.69) is 9.36 Å². The maximum absolute atomic E-state index is 5.64. The molecule has 0 spiro atoms. The third-order valence-electron chi connectivity index (χ3n) is 2.28. The molecule has 1 aromatic heterocycles. The van der Waals surface area contributed by atoms with E-state index in [1.54, 1.807) is 18.1 Å². The minimum atomic E-state index is 0.568. The highest BCUT2D eigenvalue weighted by Gasteiger charge is 1.98. The van der Waals surface area contributed by atoms with Crippen LogP contribution < -0.4 is 10.5 Å². The maximum Gasteiger partial charge on any atom is 0.169 e. The van der Waals surface area contributed by atoms with E-state index in [-0.39, 0.29) is 0 Å². The molecule has 1 heterocycles. The van der Waals surface area contributed by atoms with Crippen LogP contribution in [0, 0.1) is 0 Å². The lowest BCUT2D eigenvalue weighted by molar-refractivity contribution is 0.318. The molecule has 0 atom stereocenters. The number of nitrogens with zero attached hydrogens (tertiary/aromatic N) is 2. The van der Waals surface area contributed by atoms with Gasteiger partial charge in [-0.05, 0) is 35.6 Å². The molecule has 0 radical (unpaired) electrons. The number of aromatic nitrogens is 2. The van der Waals surface area contributed by atoms with Gasteiger partial charge in [-0.1, -0.05) is 23.9 Å². The van der Waals surface area contributed by atoms with Crippen molar-refractivity contribution in [1.29, 1.82) is 0 Å². The summed E-state index contributed by atoms with van der Waals surface area (Å²) in [5.74, 6) is 1.89. The molecule has 18 heavy (non-hydrogen) atoms. The molecule has 4 nitrogen and oxygen atoms in total. The molecule has 1 aromatic carbocycles. The average molecular weight is 281 g/mol. The zero-order valence-electron chi connectivity index (χ0n) is 9.91. The second-order valence-electron chi connectivity index (χ2n) is 3.61. The van der Waals surface area contributed by atoms with Gasteiger partial charge in [-0.3, -0.25) is 0 Å². The fourth-order valence-electron chi connectivity index (χ4n) is 1.36. The van der Waals surface area contributed by atoms with Crippen molar-refractivity contribution in [3.63, 3.8) is 0 Å². The lowest BCUT2D eigenvalue weighted by Gasteiger charge is -2.06. The molecule has 2 aromatic rings. The van der Waals surface area contributed by atoms with Crippen LogP contribution in [0.1, 0.15) is 12.0 Å². The van der Waals surface area contributed by atoms with Crippen LogP contribution in [-0.2, 0) is 6.54 Å². The van der Waals surface area contributed by atoms with Crippen molar-refractivity contribution in [2.45, 2.75) is 17.3 Å². The first-order valence-corrected chi connectivity index (χ1v) is 7.45. The predicted octanol–water partition coefficient (Wildman–Crippen LogP) is 2.56. The maximum atomic E-state index is 5.64. The van der Waals surface area contributed by atoms with Gasteiger partial charge in [-0.2, -0.15) is 4.37 Å². The minimum Gasteiger partial charge on any atom is -0.494 e. The second-order valence-corrected chi connectivity index (χ2v) is 5.73. The molecule has 2 N–H and O–H groups in total. The van der Waals surface area contributed by atoms with E-state index in [9.17, 15) is 0 Å². The number of nitrogens with two attached hydrogens (primary N) is 1. The number of hydrogen-bond acceptors (Lipinski definition) is 6. The average Bonchev–Trinajstić information content (AvgIpc) is 2.92. The SMILES string of the molecule is NCc1ccc(OCCCSc2ncns2)cc1. The lowest BCUT2D eigenvalue weighted by atomic mass is 10.2. The zero-order valence-corrected chi connectivity index (χ0v) is 11.5. The van der Waals surface area contributed by atoms with E-state index in [0.29, 0.717) is 13.2 Å². The molecule has 0 aliphatic heterocycles. The number of rotatable bonds is 7. The molecular weight excluding hydrogens is 266 g/mol. The molecule has 6 heteroatoms. The number of thioether (sulfide) groups is 1. The predicted molar refractivity (Wildman–Crippen MR) is 75.1 cm³/mol. The summed E-state index contributed by atoms with van der Waals surface area (Å²) < 4.78 is 10.6. The van der Waals surface area contributed by atoms with Crippen LogP contribution in [0.3, 0.4) is 0 Å². The topological polar surface area (TPSA) is 61.0 Å². The van der Waals surface area contributed by atoms with Crippen LogP contribution in [0.15, 0.2) is 34.9 Å². The van der Waals surface area contributed by atoms with Crippen LogP contribution in [0.2, 0.25) is 0 Å². The van der Waals surface area contributed by atoms with E-state index in [4.69, 9.17) is 10.5 Å². The van der Waals surface area contributed by atoms with Crippen molar-refractivity contribution in [2.24, 2.45) is 5.73 Å². The molecule has 2 rings (SSSR count). The molecule has 0 aliphatic carbocycles. The number of ether oxygens (including phenoxy) is 1. The van der Waals surface area contributed by atoms with Gasteiger partial charge in [0.05, 0.1) is 6.61 Å². The fraction of sp³-hybridized carbons (Fsp3) is 0.333. The molecule has 0 aliphatic rings. The highest BCUT2D eigenvalue weighted by atomic mass is 32.2. The Balaban J connectivity index is 1.62. The van der Waals surface area contributed by atoms with Crippen LogP contribution in [0.4, 0.5) is 0 Å². The van der Waals surface area contributed by atoms with E-state index in [1.807, 2.05) is 24.3 Å². The highest BCUT2D eigenvalue weighted by molar-refractivity contribution is 8.00. The zero-order chi connectivity index (χ0) is 12.6. The van der Waals surface area contributed by atoms with Gasteiger partial charge in [0.15, 0.2) is 4.34 Å². The third kappa shape index (κ3) is 4.29. The van der Waals surface area contributed by atoms with Gasteiger partial charge < -0.3 is 10.5 Å². The van der Waals surface area contributed by atoms with Gasteiger partial charge >= 0.3 is 0 Å². The summed E-state index contributed by atoms with van der Waals surface area (Å²) in [6.07, 6.45) is 2.57. The Hall–Kier alpha value is -1.11. The van der Waals surface area contributed by atoms with Crippen LogP contribution in [0.25, 0.3) is 0 Å². The third-order valence-corrected chi connectivity index (χ3v) is 4.17. The molecule has 96 valence electrons. The lowest BCUT2D eigenvalue weighted by Crippen LogP contribution is -2.00. The van der Waals surface area contributed by atoms with Crippen molar-refractivity contribution in [3.05, 3.63) is 36.2 Å². The summed E-state index contributed by atoms with van der Waals surface area (Å²) in [7, 11) is 0. The van der Waals surface area contributed by atoms with Crippen molar-refractivity contribution >= 4 is 23.3 Å². The molecular formula is C12H15N3OS2. The first kappa shape index (κ1) is 13.3. The first-order chi connectivity index (χ1) is 8.88. The van der Waals surface area contributed by atoms with Gasteiger partial charge in [0.2, 0.25) is 0 Å². The monoisotopic (exact) mass is 281 g/mol. The molecule has 0 saturated carbocycles. The summed E-state index contributed by atoms with van der Waals surface area (Å²) in [5, 5.41) is 0. The Bertz CT molecular complexity index is 445. The van der Waals surface area contributed by atoms with E-state index >= 15 is 0 Å². The van der Waals surface area contributed by atoms with Gasteiger partial charge in [-0.25, -0.2) is 4.98 Å². The largest absolute Gasteiger partial charge is 0.494 e. The quantitative estimate of drug-likeness (QED) is 0.624. The first-order valence-electron chi connectivity index (χ1n) is 5.70. The molecule has 0 unspecified atom stereocenters. The second kappa shape index (κ2) is 7.35. The van der Waals surface area contributed by atoms with Crippen LogP contribution in [-0.4, -0.2) is 21.7 Å². The highest BCUT2D eigenvalue weighted by Crippen LogP contribution is 2.19. The molecule has 0 bridgehead atoms. The Morgan fingerprint density at radius 1 is 1.28 bits per heavy atom. The van der Waals surface area contributed by atoms with Gasteiger partial charge in [0, 0.05) is 12.3 Å². The van der Waals surface area contributed by atoms with Gasteiger partial charge in [0.25, 0.3) is 0 Å². The standard InChI is InChI=1S/C12H15N3OS2/c13-8-10-2-4-11(5-3-10)16-6-1-7-17-12-14-9-15-18-12/h2-5,9H,1,6-8,13H2. The van der Waals surface area contributed by atoms with Crippen molar-refractivity contribution < 1.29 is 4.74 Å². The Morgan fingerprint density at radius 3 is 2.78 bits per heavy atom. The summed E-state index contributed by atoms with van der Waals surface area (Å²) in [6, 6.07) is 7.90. The van der Waals surface area contributed by atoms with Gasteiger partial charge in [0.1, 0.15) is 12.1 Å². The fourth-order valence-corrected chi connectivity index (χ4v) is 2.78. The number of hydrogen-bond donors (Lipinski definition) is 1. The Labute approximate surface area is 115 Å².